The third kappa shape index (κ3) is 3.07. The molecule has 2 aromatic heterocycles. The lowest BCUT2D eigenvalue weighted by molar-refractivity contribution is 0.0950. The van der Waals surface area contributed by atoms with E-state index in [0.717, 1.165) is 15.4 Å². The van der Waals surface area contributed by atoms with Crippen LogP contribution < -0.4 is 5.43 Å². The van der Waals surface area contributed by atoms with Crippen molar-refractivity contribution in [1.29, 1.82) is 0 Å². The number of halogens is 1. The highest BCUT2D eigenvalue weighted by molar-refractivity contribution is 9.10. The van der Waals surface area contributed by atoms with E-state index in [2.05, 4.69) is 31.4 Å². The highest BCUT2D eigenvalue weighted by Crippen LogP contribution is 2.23. The summed E-state index contributed by atoms with van der Waals surface area (Å²) in [7, 11) is 0. The maximum Gasteiger partial charge on any atom is 0.289 e. The van der Waals surface area contributed by atoms with Crippen molar-refractivity contribution in [2.24, 2.45) is 5.10 Å². The van der Waals surface area contributed by atoms with Crippen LogP contribution in [0.15, 0.2) is 62.7 Å². The number of carbonyl (C=O) groups excluding carboxylic acids is 1. The monoisotopic (exact) mass is 357 g/mol. The van der Waals surface area contributed by atoms with E-state index in [0.29, 0.717) is 17.2 Å². The fraction of sp³-hybridized carbons (Fsp3) is 0.0625. The van der Waals surface area contributed by atoms with Crippen LogP contribution in [0.5, 0.6) is 0 Å². The highest BCUT2D eigenvalue weighted by atomic mass is 79.9. The van der Waals surface area contributed by atoms with Crippen molar-refractivity contribution < 1.29 is 9.21 Å². The van der Waals surface area contributed by atoms with Crippen molar-refractivity contribution in [3.05, 3.63) is 64.6 Å². The first-order valence-electron chi connectivity index (χ1n) is 6.58. The number of rotatable bonds is 3. The van der Waals surface area contributed by atoms with E-state index >= 15 is 0 Å². The molecule has 0 atom stereocenters. The predicted molar refractivity (Wildman–Crippen MR) is 87.8 cm³/mol. The minimum atomic E-state index is -0.362. The lowest BCUT2D eigenvalue weighted by Gasteiger charge is -1.99. The van der Waals surface area contributed by atoms with Gasteiger partial charge in [-0.05, 0) is 43.3 Å². The van der Waals surface area contributed by atoms with Gasteiger partial charge in [-0.15, -0.1) is 0 Å². The molecule has 0 radical (unpaired) electrons. The van der Waals surface area contributed by atoms with Crippen molar-refractivity contribution in [2.75, 3.05) is 0 Å². The number of nitrogens with one attached hydrogen (secondary N) is 1. The molecule has 5 nitrogen and oxygen atoms in total. The predicted octanol–water partition coefficient (Wildman–Crippen LogP) is 3.74. The highest BCUT2D eigenvalue weighted by Gasteiger charge is 2.09. The quantitative estimate of drug-likeness (QED) is 0.573. The Bertz CT molecular complexity index is 856. The molecule has 2 heterocycles. The minimum absolute atomic E-state index is 0.313. The van der Waals surface area contributed by atoms with E-state index in [-0.39, 0.29) is 5.91 Å². The van der Waals surface area contributed by atoms with E-state index in [1.807, 2.05) is 24.3 Å². The lowest BCUT2D eigenvalue weighted by Crippen LogP contribution is -2.20. The number of nitrogens with zero attached hydrogens (tertiary/aromatic N) is 2. The number of aromatic nitrogens is 1. The van der Waals surface area contributed by atoms with Crippen LogP contribution in [0.25, 0.3) is 11.0 Å². The molecule has 110 valence electrons. The van der Waals surface area contributed by atoms with Gasteiger partial charge < -0.3 is 4.42 Å². The van der Waals surface area contributed by atoms with Crippen LogP contribution in [-0.2, 0) is 0 Å². The Balaban J connectivity index is 1.80. The lowest BCUT2D eigenvalue weighted by atomic mass is 10.2. The average Bonchev–Trinajstić information content (AvgIpc) is 2.96. The summed E-state index contributed by atoms with van der Waals surface area (Å²) in [6.45, 7) is 1.77. The Kier molecular flexibility index (Phi) is 4.02. The van der Waals surface area contributed by atoms with Crippen LogP contribution in [0.3, 0.4) is 0 Å². The zero-order valence-corrected chi connectivity index (χ0v) is 13.3. The molecule has 0 spiro atoms. The van der Waals surface area contributed by atoms with Crippen LogP contribution in [0, 0.1) is 0 Å². The summed E-state index contributed by atoms with van der Waals surface area (Å²) in [5.41, 5.74) is 4.13. The number of fused-ring (bicyclic) bond motifs is 1. The summed E-state index contributed by atoms with van der Waals surface area (Å²) in [5.74, 6) is 0.244. The normalized spacial score (nSPS) is 11.6. The molecule has 0 aliphatic heterocycles. The van der Waals surface area contributed by atoms with Crippen molar-refractivity contribution in [2.45, 2.75) is 6.92 Å². The molecule has 0 saturated heterocycles. The molecule has 0 saturated carbocycles. The molecule has 1 aromatic carbocycles. The summed E-state index contributed by atoms with van der Waals surface area (Å²) in [6.07, 6.45) is 1.56. The summed E-state index contributed by atoms with van der Waals surface area (Å²) in [6, 6.07) is 12.7. The Hall–Kier alpha value is -2.47. The van der Waals surface area contributed by atoms with E-state index in [4.69, 9.17) is 4.42 Å². The maximum atomic E-state index is 11.9. The first-order valence-corrected chi connectivity index (χ1v) is 7.38. The fourth-order valence-corrected chi connectivity index (χ4v) is 2.32. The summed E-state index contributed by atoms with van der Waals surface area (Å²) >= 11 is 3.42. The molecule has 0 unspecified atom stereocenters. The zero-order chi connectivity index (χ0) is 15.5. The Morgan fingerprint density at radius 1 is 1.27 bits per heavy atom. The number of hydrogen-bond acceptors (Lipinski definition) is 4. The van der Waals surface area contributed by atoms with Gasteiger partial charge in [-0.2, -0.15) is 5.10 Å². The van der Waals surface area contributed by atoms with Gasteiger partial charge in [0, 0.05) is 16.1 Å². The molecule has 1 N–H and O–H groups in total. The first-order chi connectivity index (χ1) is 10.6. The van der Waals surface area contributed by atoms with E-state index < -0.39 is 0 Å². The van der Waals surface area contributed by atoms with E-state index in [1.165, 1.54) is 0 Å². The van der Waals surface area contributed by atoms with Gasteiger partial charge in [0.15, 0.2) is 5.76 Å². The van der Waals surface area contributed by atoms with Gasteiger partial charge in [-0.1, -0.05) is 22.0 Å². The maximum absolute atomic E-state index is 11.9. The van der Waals surface area contributed by atoms with E-state index in [9.17, 15) is 4.79 Å². The summed E-state index contributed by atoms with van der Waals surface area (Å²) < 4.78 is 6.68. The van der Waals surface area contributed by atoms with E-state index in [1.54, 1.807) is 31.3 Å². The molecule has 0 bridgehead atoms. The number of amides is 1. The number of benzene rings is 1. The molecule has 1 amide bonds. The second-order valence-corrected chi connectivity index (χ2v) is 5.56. The van der Waals surface area contributed by atoms with Crippen LogP contribution in [0.1, 0.15) is 23.2 Å². The molecule has 0 fully saturated rings. The molecule has 22 heavy (non-hydrogen) atoms. The Labute approximate surface area is 135 Å². The third-order valence-corrected chi connectivity index (χ3v) is 3.55. The van der Waals surface area contributed by atoms with Gasteiger partial charge in [0.25, 0.3) is 5.91 Å². The molecule has 3 aromatic rings. The molecule has 6 heteroatoms. The second kappa shape index (κ2) is 6.11. The topological polar surface area (TPSA) is 67.5 Å². The fourth-order valence-electron chi connectivity index (χ4n) is 1.94. The van der Waals surface area contributed by atoms with Crippen molar-refractivity contribution in [3.8, 4) is 0 Å². The minimum Gasteiger partial charge on any atom is -0.455 e. The largest absolute Gasteiger partial charge is 0.455 e. The molecule has 0 aliphatic carbocycles. The number of hydrazone groups is 1. The van der Waals surface area contributed by atoms with Crippen molar-refractivity contribution >= 4 is 38.5 Å². The summed E-state index contributed by atoms with van der Waals surface area (Å²) in [4.78, 5) is 15.8. The number of pyridine rings is 1. The van der Waals surface area contributed by atoms with Crippen LogP contribution in [-0.4, -0.2) is 16.6 Å². The van der Waals surface area contributed by atoms with Crippen LogP contribution in [0.2, 0.25) is 0 Å². The van der Waals surface area contributed by atoms with Crippen molar-refractivity contribution in [3.63, 3.8) is 0 Å². The number of hydrogen-bond donors (Lipinski definition) is 1. The molecule has 0 aliphatic rings. The third-order valence-electron chi connectivity index (χ3n) is 3.06. The van der Waals surface area contributed by atoms with Crippen molar-refractivity contribution in [1.82, 2.24) is 10.4 Å². The molecular formula is C16H12BrN3O2. The molecule has 3 rings (SSSR count). The summed E-state index contributed by atoms with van der Waals surface area (Å²) in [5, 5.41) is 5.03. The van der Waals surface area contributed by atoms with Gasteiger partial charge >= 0.3 is 0 Å². The average molecular weight is 358 g/mol. The van der Waals surface area contributed by atoms with Crippen LogP contribution >= 0.6 is 15.9 Å². The number of carbonyl (C=O) groups is 1. The standard InChI is InChI=1S/C16H12BrN3O2/c1-10(19-20-16(21)13-4-2-3-7-18-13)15-9-11-8-12(17)5-6-14(11)22-15/h2-9H,1H3,(H,20,21)/b19-10-. The molecular weight excluding hydrogens is 346 g/mol. The Morgan fingerprint density at radius 3 is 2.91 bits per heavy atom. The van der Waals surface area contributed by atoms with Crippen LogP contribution in [0.4, 0.5) is 0 Å². The van der Waals surface area contributed by atoms with Gasteiger partial charge in [-0.25, -0.2) is 5.43 Å². The Morgan fingerprint density at radius 2 is 2.14 bits per heavy atom. The number of furan rings is 1. The second-order valence-electron chi connectivity index (χ2n) is 4.65. The smallest absolute Gasteiger partial charge is 0.289 e. The van der Waals surface area contributed by atoms with Gasteiger partial charge in [0.1, 0.15) is 17.0 Å². The van der Waals surface area contributed by atoms with Gasteiger partial charge in [0.2, 0.25) is 0 Å². The van der Waals surface area contributed by atoms with Gasteiger partial charge in [-0.3, -0.25) is 9.78 Å². The zero-order valence-electron chi connectivity index (χ0n) is 11.7. The first kappa shape index (κ1) is 14.5. The van der Waals surface area contributed by atoms with Gasteiger partial charge in [0.05, 0.1) is 0 Å². The SMILES string of the molecule is C/C(=N/NC(=O)c1ccccn1)c1cc2cc(Br)ccc2o1.